The van der Waals surface area contributed by atoms with Crippen LogP contribution in [-0.4, -0.2) is 41.2 Å². The summed E-state index contributed by atoms with van der Waals surface area (Å²) in [4.78, 5) is 21.4. The van der Waals surface area contributed by atoms with Crippen molar-refractivity contribution in [2.24, 2.45) is 0 Å². The zero-order chi connectivity index (χ0) is 17.8. The Hall–Kier alpha value is -2.93. The normalized spacial score (nSPS) is 10.8. The van der Waals surface area contributed by atoms with E-state index in [1.807, 2.05) is 24.1 Å². The van der Waals surface area contributed by atoms with Crippen molar-refractivity contribution in [2.75, 3.05) is 25.1 Å². The number of H-pyrrole nitrogens is 1. The molecule has 0 atom stereocenters. The van der Waals surface area contributed by atoms with Crippen molar-refractivity contribution in [1.82, 2.24) is 15.3 Å². The highest BCUT2D eigenvalue weighted by Gasteiger charge is 2.09. The van der Waals surface area contributed by atoms with Crippen LogP contribution < -0.4 is 10.2 Å². The van der Waals surface area contributed by atoms with Gasteiger partial charge in [0.25, 0.3) is 5.91 Å². The number of nitrogens with zero attached hydrogens (tertiary/aromatic N) is 2. The van der Waals surface area contributed by atoms with E-state index in [2.05, 4.69) is 15.3 Å². The van der Waals surface area contributed by atoms with E-state index >= 15 is 0 Å². The van der Waals surface area contributed by atoms with Gasteiger partial charge in [-0.05, 0) is 42.5 Å². The van der Waals surface area contributed by atoms with Crippen LogP contribution in [0.1, 0.15) is 16.2 Å². The second-order valence-corrected chi connectivity index (χ2v) is 5.72. The molecule has 0 spiro atoms. The number of carbonyl (C=O) groups excluding carboxylic acids is 1. The lowest BCUT2D eigenvalue weighted by atomic mass is 10.2. The minimum atomic E-state index is -0.335. The second kappa shape index (κ2) is 7.31. The lowest BCUT2D eigenvalue weighted by Crippen LogP contribution is -2.24. The molecule has 3 rings (SSSR count). The van der Waals surface area contributed by atoms with Crippen LogP contribution in [-0.2, 0) is 6.54 Å². The lowest BCUT2D eigenvalue weighted by Gasteiger charge is -2.17. The predicted molar refractivity (Wildman–Crippen MR) is 94.0 cm³/mol. The number of benzene rings is 2. The Balaban J connectivity index is 1.63. The van der Waals surface area contributed by atoms with Gasteiger partial charge in [-0.3, -0.25) is 4.79 Å². The molecule has 0 bridgehead atoms. The number of hydrogen-bond acceptors (Lipinski definition) is 4. The SMILES string of the molecule is CN(CCO)c1ccc(C(=O)NCc2nc3ccc(F)cc3[nH]2)cc1. The summed E-state index contributed by atoms with van der Waals surface area (Å²) in [5, 5.41) is 11.7. The number of imidazole rings is 1. The first-order chi connectivity index (χ1) is 12.1. The predicted octanol–water partition coefficient (Wildman–Crippen LogP) is 2.06. The number of rotatable bonds is 6. The van der Waals surface area contributed by atoms with Crippen molar-refractivity contribution in [3.05, 3.63) is 59.7 Å². The summed E-state index contributed by atoms with van der Waals surface area (Å²) in [6.45, 7) is 0.819. The molecule has 3 N–H and O–H groups in total. The molecule has 0 saturated heterocycles. The molecule has 1 heterocycles. The summed E-state index contributed by atoms with van der Waals surface area (Å²) in [6, 6.07) is 11.4. The minimum Gasteiger partial charge on any atom is -0.395 e. The molecule has 1 aromatic heterocycles. The van der Waals surface area contributed by atoms with Crippen molar-refractivity contribution in [2.45, 2.75) is 6.54 Å². The van der Waals surface area contributed by atoms with Gasteiger partial charge in [0.05, 0.1) is 24.2 Å². The van der Waals surface area contributed by atoms with Crippen molar-refractivity contribution in [1.29, 1.82) is 0 Å². The number of halogens is 1. The van der Waals surface area contributed by atoms with Crippen molar-refractivity contribution in [3.8, 4) is 0 Å². The number of fused-ring (bicyclic) bond motifs is 1. The fourth-order valence-corrected chi connectivity index (χ4v) is 2.53. The van der Waals surface area contributed by atoms with E-state index in [-0.39, 0.29) is 24.9 Å². The Bertz CT molecular complexity index is 876. The Morgan fingerprint density at radius 1 is 1.28 bits per heavy atom. The zero-order valence-electron chi connectivity index (χ0n) is 13.8. The summed E-state index contributed by atoms with van der Waals surface area (Å²) in [6.07, 6.45) is 0. The van der Waals surface area contributed by atoms with E-state index in [0.29, 0.717) is 29.0 Å². The van der Waals surface area contributed by atoms with Gasteiger partial charge in [-0.15, -0.1) is 0 Å². The molecule has 0 aliphatic carbocycles. The average molecular weight is 342 g/mol. The Morgan fingerprint density at radius 3 is 2.76 bits per heavy atom. The summed E-state index contributed by atoms with van der Waals surface area (Å²) < 4.78 is 13.2. The number of aliphatic hydroxyl groups is 1. The fourth-order valence-electron chi connectivity index (χ4n) is 2.53. The molecule has 2 aromatic carbocycles. The van der Waals surface area contributed by atoms with Crippen LogP contribution in [0.4, 0.5) is 10.1 Å². The molecule has 130 valence electrons. The Kier molecular flexibility index (Phi) is 4.95. The van der Waals surface area contributed by atoms with Gasteiger partial charge in [-0.2, -0.15) is 0 Å². The number of likely N-dealkylation sites (N-methyl/N-ethyl adjacent to an activating group) is 1. The maximum absolute atomic E-state index is 13.2. The zero-order valence-corrected chi connectivity index (χ0v) is 13.8. The minimum absolute atomic E-state index is 0.0696. The van der Waals surface area contributed by atoms with Gasteiger partial charge in [-0.25, -0.2) is 9.37 Å². The molecular weight excluding hydrogens is 323 g/mol. The van der Waals surface area contributed by atoms with Crippen molar-refractivity contribution < 1.29 is 14.3 Å². The summed E-state index contributed by atoms with van der Waals surface area (Å²) in [5.74, 6) is 0.00855. The monoisotopic (exact) mass is 342 g/mol. The molecule has 3 aromatic rings. The third-order valence-corrected chi connectivity index (χ3v) is 3.92. The molecule has 0 radical (unpaired) electrons. The fraction of sp³-hybridized carbons (Fsp3) is 0.222. The Morgan fingerprint density at radius 2 is 2.04 bits per heavy atom. The topological polar surface area (TPSA) is 81.2 Å². The van der Waals surface area contributed by atoms with E-state index in [1.165, 1.54) is 12.1 Å². The summed E-state index contributed by atoms with van der Waals surface area (Å²) >= 11 is 0. The van der Waals surface area contributed by atoms with Crippen LogP contribution in [0.2, 0.25) is 0 Å². The molecule has 25 heavy (non-hydrogen) atoms. The maximum Gasteiger partial charge on any atom is 0.251 e. The van der Waals surface area contributed by atoms with Gasteiger partial charge in [0.2, 0.25) is 0 Å². The second-order valence-electron chi connectivity index (χ2n) is 5.72. The Labute approximate surface area is 144 Å². The van der Waals surface area contributed by atoms with E-state index in [1.54, 1.807) is 18.2 Å². The third-order valence-electron chi connectivity index (χ3n) is 3.92. The van der Waals surface area contributed by atoms with Crippen LogP contribution >= 0.6 is 0 Å². The highest BCUT2D eigenvalue weighted by atomic mass is 19.1. The van der Waals surface area contributed by atoms with Crippen molar-refractivity contribution >= 4 is 22.6 Å². The summed E-state index contributed by atoms with van der Waals surface area (Å²) in [7, 11) is 1.87. The molecule has 0 fully saturated rings. The molecule has 7 heteroatoms. The van der Waals surface area contributed by atoms with Gasteiger partial charge in [0.1, 0.15) is 11.6 Å². The number of aromatic amines is 1. The van der Waals surface area contributed by atoms with Crippen LogP contribution in [0.15, 0.2) is 42.5 Å². The van der Waals surface area contributed by atoms with Crippen LogP contribution in [0.25, 0.3) is 11.0 Å². The quantitative estimate of drug-likeness (QED) is 0.640. The highest BCUT2D eigenvalue weighted by molar-refractivity contribution is 5.94. The number of carbonyl (C=O) groups is 1. The first-order valence-corrected chi connectivity index (χ1v) is 7.91. The highest BCUT2D eigenvalue weighted by Crippen LogP contribution is 2.14. The number of nitrogens with one attached hydrogen (secondary N) is 2. The van der Waals surface area contributed by atoms with Crippen LogP contribution in [0.5, 0.6) is 0 Å². The maximum atomic E-state index is 13.2. The molecule has 0 aliphatic rings. The van der Waals surface area contributed by atoms with Gasteiger partial charge >= 0.3 is 0 Å². The standard InChI is InChI=1S/C18H19FN4O2/c1-23(8-9-24)14-5-2-12(3-6-14)18(25)20-11-17-21-15-7-4-13(19)10-16(15)22-17/h2-7,10,24H,8-9,11H2,1H3,(H,20,25)(H,21,22). The number of hydrogen-bond donors (Lipinski definition) is 3. The number of anilines is 1. The molecule has 0 saturated carbocycles. The lowest BCUT2D eigenvalue weighted by molar-refractivity contribution is 0.0950. The largest absolute Gasteiger partial charge is 0.395 e. The average Bonchev–Trinajstić information content (AvgIpc) is 3.02. The number of aliphatic hydroxyl groups excluding tert-OH is 1. The molecule has 0 aliphatic heterocycles. The van der Waals surface area contributed by atoms with Gasteiger partial charge < -0.3 is 20.3 Å². The first-order valence-electron chi connectivity index (χ1n) is 7.91. The molecule has 6 nitrogen and oxygen atoms in total. The van der Waals surface area contributed by atoms with E-state index in [0.717, 1.165) is 5.69 Å². The van der Waals surface area contributed by atoms with E-state index in [4.69, 9.17) is 5.11 Å². The summed E-state index contributed by atoms with van der Waals surface area (Å²) in [5.41, 5.74) is 2.70. The third kappa shape index (κ3) is 3.95. The first kappa shape index (κ1) is 16.9. The number of aromatic nitrogens is 2. The molecule has 0 unspecified atom stereocenters. The van der Waals surface area contributed by atoms with Gasteiger partial charge in [-0.1, -0.05) is 0 Å². The smallest absolute Gasteiger partial charge is 0.251 e. The van der Waals surface area contributed by atoms with E-state index < -0.39 is 0 Å². The van der Waals surface area contributed by atoms with E-state index in [9.17, 15) is 9.18 Å². The van der Waals surface area contributed by atoms with Gasteiger partial charge in [0, 0.05) is 24.8 Å². The number of amides is 1. The van der Waals surface area contributed by atoms with Crippen LogP contribution in [0.3, 0.4) is 0 Å². The van der Waals surface area contributed by atoms with Crippen molar-refractivity contribution in [3.63, 3.8) is 0 Å². The van der Waals surface area contributed by atoms with Gasteiger partial charge in [0.15, 0.2) is 0 Å². The molecular formula is C18H19FN4O2. The van der Waals surface area contributed by atoms with Crippen LogP contribution in [0, 0.1) is 5.82 Å². The molecule has 1 amide bonds.